The highest BCUT2D eigenvalue weighted by molar-refractivity contribution is 5.83. The molecule has 2 heterocycles. The number of aryl methyl sites for hydroxylation is 1. The van der Waals surface area contributed by atoms with Crippen molar-refractivity contribution >= 4 is 5.57 Å². The number of nitrogens with one attached hydrogen (secondary N) is 1. The highest BCUT2D eigenvalue weighted by Gasteiger charge is 2.23. The van der Waals surface area contributed by atoms with Gasteiger partial charge in [0.25, 0.3) is 0 Å². The van der Waals surface area contributed by atoms with E-state index in [1.807, 2.05) is 12.4 Å². The Bertz CT molecular complexity index is 1060. The number of ether oxygens (including phenoxy) is 1. The third-order valence-corrected chi connectivity index (χ3v) is 6.53. The van der Waals surface area contributed by atoms with Gasteiger partial charge in [-0.05, 0) is 72.1 Å². The summed E-state index contributed by atoms with van der Waals surface area (Å²) in [6.07, 6.45) is 11.3. The summed E-state index contributed by atoms with van der Waals surface area (Å²) in [5, 5.41) is 6.99. The molecule has 5 heteroatoms. The fourth-order valence-electron chi connectivity index (χ4n) is 4.86. The van der Waals surface area contributed by atoms with Crippen molar-refractivity contribution in [1.29, 1.82) is 0 Å². The lowest BCUT2D eigenvalue weighted by Gasteiger charge is -2.17. The maximum Gasteiger partial charge on any atom is 0.119 e. The molecule has 5 rings (SSSR count). The maximum atomic E-state index is 12.4. The Morgan fingerprint density at radius 2 is 1.97 bits per heavy atom. The largest absolute Gasteiger partial charge is 0.489 e. The van der Waals surface area contributed by atoms with E-state index in [0.29, 0.717) is 6.42 Å². The van der Waals surface area contributed by atoms with Crippen molar-refractivity contribution in [3.05, 3.63) is 77.6 Å². The van der Waals surface area contributed by atoms with Gasteiger partial charge in [0.1, 0.15) is 11.9 Å². The molecular formula is C27H30FN3O. The first-order valence-electron chi connectivity index (χ1n) is 11.7. The summed E-state index contributed by atoms with van der Waals surface area (Å²) in [6, 6.07) is 15.3. The van der Waals surface area contributed by atoms with E-state index in [9.17, 15) is 4.39 Å². The van der Waals surface area contributed by atoms with E-state index in [2.05, 4.69) is 63.6 Å². The fraction of sp³-hybridized carbons (Fsp3) is 0.370. The van der Waals surface area contributed by atoms with Crippen molar-refractivity contribution < 1.29 is 9.13 Å². The summed E-state index contributed by atoms with van der Waals surface area (Å²) in [4.78, 5) is 2.30. The third-order valence-electron chi connectivity index (χ3n) is 6.53. The molecule has 1 aliphatic heterocycles. The van der Waals surface area contributed by atoms with Crippen molar-refractivity contribution in [1.82, 2.24) is 15.1 Å². The molecule has 1 saturated heterocycles. The molecule has 1 N–H and O–H groups in total. The Morgan fingerprint density at radius 3 is 2.78 bits per heavy atom. The quantitative estimate of drug-likeness (QED) is 0.525. The molecule has 0 bridgehead atoms. The van der Waals surface area contributed by atoms with E-state index in [1.165, 1.54) is 27.8 Å². The second-order valence-electron chi connectivity index (χ2n) is 8.76. The molecule has 166 valence electrons. The van der Waals surface area contributed by atoms with Crippen LogP contribution in [0.25, 0.3) is 16.7 Å². The zero-order valence-electron chi connectivity index (χ0n) is 18.4. The normalized spacial score (nSPS) is 18.8. The van der Waals surface area contributed by atoms with Gasteiger partial charge < -0.3 is 4.74 Å². The molecular weight excluding hydrogens is 401 g/mol. The van der Waals surface area contributed by atoms with Gasteiger partial charge >= 0.3 is 0 Å². The molecule has 2 aliphatic rings. The summed E-state index contributed by atoms with van der Waals surface area (Å²) in [5.74, 6) is 0.913. The average Bonchev–Trinajstić information content (AvgIpc) is 3.47. The molecule has 32 heavy (non-hydrogen) atoms. The molecule has 3 aromatic rings. The summed E-state index contributed by atoms with van der Waals surface area (Å²) < 4.78 is 18.6. The summed E-state index contributed by atoms with van der Waals surface area (Å²) >= 11 is 0. The third kappa shape index (κ3) is 4.63. The van der Waals surface area contributed by atoms with E-state index in [0.717, 1.165) is 56.6 Å². The highest BCUT2D eigenvalue weighted by atomic mass is 19.1. The summed E-state index contributed by atoms with van der Waals surface area (Å²) in [7, 11) is 0. The first-order chi connectivity index (χ1) is 15.8. The zero-order chi connectivity index (χ0) is 21.8. The molecule has 1 aliphatic carbocycles. The van der Waals surface area contributed by atoms with Gasteiger partial charge in [-0.15, -0.1) is 0 Å². The number of hydrogen-bond donors (Lipinski definition) is 1. The molecule has 1 fully saturated rings. The minimum absolute atomic E-state index is 0.194. The Labute approximate surface area is 189 Å². The number of fused-ring (bicyclic) bond motifs is 1. The number of aromatic amines is 1. The van der Waals surface area contributed by atoms with Crippen molar-refractivity contribution in [3.8, 4) is 16.9 Å². The van der Waals surface area contributed by atoms with Crippen LogP contribution in [0.5, 0.6) is 5.75 Å². The van der Waals surface area contributed by atoms with Crippen LogP contribution in [0.4, 0.5) is 4.39 Å². The van der Waals surface area contributed by atoms with Gasteiger partial charge in [-0.2, -0.15) is 5.10 Å². The number of likely N-dealkylation sites (tertiary alicyclic amines) is 1. The van der Waals surface area contributed by atoms with Gasteiger partial charge in [-0.1, -0.05) is 36.4 Å². The van der Waals surface area contributed by atoms with Gasteiger partial charge in [0.05, 0.1) is 12.9 Å². The van der Waals surface area contributed by atoms with Crippen molar-refractivity contribution in [3.63, 3.8) is 0 Å². The monoisotopic (exact) mass is 431 g/mol. The number of rotatable bonds is 7. The number of nitrogens with zero attached hydrogens (tertiary/aromatic N) is 2. The minimum atomic E-state index is -0.243. The Hall–Kier alpha value is -2.92. The van der Waals surface area contributed by atoms with Crippen LogP contribution in [-0.2, 0) is 6.42 Å². The van der Waals surface area contributed by atoms with Gasteiger partial charge in [-0.25, -0.2) is 0 Å². The second-order valence-corrected chi connectivity index (χ2v) is 8.76. The van der Waals surface area contributed by atoms with Crippen LogP contribution in [-0.4, -0.2) is 47.5 Å². The van der Waals surface area contributed by atoms with E-state index < -0.39 is 0 Å². The molecule has 2 aromatic carbocycles. The van der Waals surface area contributed by atoms with E-state index >= 15 is 0 Å². The highest BCUT2D eigenvalue weighted by Crippen LogP contribution is 2.34. The topological polar surface area (TPSA) is 41.1 Å². The predicted octanol–water partition coefficient (Wildman–Crippen LogP) is 5.66. The second kappa shape index (κ2) is 9.70. The molecule has 0 saturated carbocycles. The van der Waals surface area contributed by atoms with Crippen LogP contribution in [0, 0.1) is 0 Å². The molecule has 0 amide bonds. The molecule has 0 spiro atoms. The van der Waals surface area contributed by atoms with Crippen LogP contribution in [0.3, 0.4) is 0 Å². The van der Waals surface area contributed by atoms with Crippen LogP contribution in [0.1, 0.15) is 42.4 Å². The number of H-pyrrole nitrogens is 1. The van der Waals surface area contributed by atoms with Crippen LogP contribution in [0.2, 0.25) is 0 Å². The van der Waals surface area contributed by atoms with Gasteiger partial charge in [-0.3, -0.25) is 14.4 Å². The summed E-state index contributed by atoms with van der Waals surface area (Å²) in [5.41, 5.74) is 7.59. The first-order valence-corrected chi connectivity index (χ1v) is 11.7. The molecule has 4 nitrogen and oxygen atoms in total. The lowest BCUT2D eigenvalue weighted by atomic mass is 9.91. The SMILES string of the molecule is FCCCN1CCC(Oc2ccc(C3=CCCCc4cc(-c5cn[nH]c5)ccc43)cc2)C1. The van der Waals surface area contributed by atoms with E-state index in [4.69, 9.17) is 4.74 Å². The maximum absolute atomic E-state index is 12.4. The zero-order valence-corrected chi connectivity index (χ0v) is 18.4. The van der Waals surface area contributed by atoms with Crippen LogP contribution >= 0.6 is 0 Å². The van der Waals surface area contributed by atoms with Gasteiger partial charge in [0.15, 0.2) is 0 Å². The predicted molar refractivity (Wildman–Crippen MR) is 127 cm³/mol. The number of benzene rings is 2. The average molecular weight is 432 g/mol. The first kappa shape index (κ1) is 21.0. The summed E-state index contributed by atoms with van der Waals surface area (Å²) in [6.45, 7) is 2.46. The van der Waals surface area contributed by atoms with E-state index in [-0.39, 0.29) is 12.8 Å². The van der Waals surface area contributed by atoms with E-state index in [1.54, 1.807) is 0 Å². The Kier molecular flexibility index (Phi) is 6.35. The van der Waals surface area contributed by atoms with Crippen molar-refractivity contribution in [2.75, 3.05) is 26.3 Å². The number of aromatic nitrogens is 2. The Balaban J connectivity index is 1.31. The van der Waals surface area contributed by atoms with Gasteiger partial charge in [0.2, 0.25) is 0 Å². The molecule has 1 atom stereocenters. The number of allylic oxidation sites excluding steroid dienone is 1. The van der Waals surface area contributed by atoms with Crippen LogP contribution in [0.15, 0.2) is 60.9 Å². The minimum Gasteiger partial charge on any atom is -0.489 e. The lowest BCUT2D eigenvalue weighted by Crippen LogP contribution is -2.26. The molecule has 0 radical (unpaired) electrons. The van der Waals surface area contributed by atoms with Crippen molar-refractivity contribution in [2.24, 2.45) is 0 Å². The smallest absolute Gasteiger partial charge is 0.119 e. The lowest BCUT2D eigenvalue weighted by molar-refractivity contribution is 0.198. The van der Waals surface area contributed by atoms with Crippen LogP contribution < -0.4 is 4.74 Å². The number of alkyl halides is 1. The number of halogens is 1. The Morgan fingerprint density at radius 1 is 1.09 bits per heavy atom. The van der Waals surface area contributed by atoms with Gasteiger partial charge in [0, 0.05) is 31.4 Å². The van der Waals surface area contributed by atoms with Crippen molar-refractivity contribution in [2.45, 2.75) is 38.2 Å². The standard InChI is InChI=1S/C27H30FN3O/c28-13-3-14-31-15-12-25(19-31)32-24-9-6-20(7-10-24)26-5-2-1-4-22-16-21(8-11-27(22)26)23-17-29-30-18-23/h5-11,16-18,25H,1-4,12-15,19H2,(H,29,30). The molecule has 1 aromatic heterocycles. The molecule has 1 unspecified atom stereocenters. The fourth-order valence-corrected chi connectivity index (χ4v) is 4.86. The number of hydrogen-bond acceptors (Lipinski definition) is 3.